The molecule has 1 aliphatic carbocycles. The van der Waals surface area contributed by atoms with Crippen LogP contribution in [0.3, 0.4) is 0 Å². The van der Waals surface area contributed by atoms with Crippen molar-refractivity contribution < 1.29 is 9.90 Å². The first kappa shape index (κ1) is 15.1. The average molecular weight is 438 g/mol. The van der Waals surface area contributed by atoms with Crippen molar-refractivity contribution in [2.45, 2.75) is 30.5 Å². The van der Waals surface area contributed by atoms with Crippen molar-refractivity contribution in [2.75, 3.05) is 6.54 Å². The Kier molecular flexibility index (Phi) is 5.50. The van der Waals surface area contributed by atoms with Crippen LogP contribution in [0.25, 0.3) is 0 Å². The topological polar surface area (TPSA) is 49.3 Å². The molecule has 0 spiro atoms. The molecule has 1 aromatic carbocycles. The highest BCUT2D eigenvalue weighted by molar-refractivity contribution is 14.1. The number of carbonyl (C=O) groups excluding carboxylic acids is 1. The van der Waals surface area contributed by atoms with Crippen LogP contribution in [0.4, 0.5) is 0 Å². The van der Waals surface area contributed by atoms with Gasteiger partial charge in [0.1, 0.15) is 5.75 Å². The summed E-state index contributed by atoms with van der Waals surface area (Å²) < 4.78 is 0.753. The van der Waals surface area contributed by atoms with Crippen molar-refractivity contribution in [3.05, 3.63) is 27.3 Å². The highest BCUT2D eigenvalue weighted by Crippen LogP contribution is 2.28. The summed E-state index contributed by atoms with van der Waals surface area (Å²) in [7, 11) is 0. The molecule has 0 saturated heterocycles. The molecule has 2 rings (SSSR count). The van der Waals surface area contributed by atoms with Gasteiger partial charge in [-0.25, -0.2) is 0 Å². The zero-order valence-electron chi connectivity index (χ0n) is 10.5. The lowest BCUT2D eigenvalue weighted by Crippen LogP contribution is -2.31. The molecule has 1 saturated carbocycles. The first-order valence-corrected chi connectivity index (χ1v) is 8.46. The van der Waals surface area contributed by atoms with E-state index in [2.05, 4.69) is 21.2 Å². The molecule has 5 heteroatoms. The maximum absolute atomic E-state index is 12.0. The molecule has 1 aliphatic rings. The first-order chi connectivity index (χ1) is 9.06. The molecule has 0 radical (unpaired) electrons. The van der Waals surface area contributed by atoms with Crippen molar-refractivity contribution in [2.24, 2.45) is 5.92 Å². The Bertz CT molecular complexity index is 467. The van der Waals surface area contributed by atoms with Gasteiger partial charge in [-0.05, 0) is 66.0 Å². The average Bonchev–Trinajstić information content (AvgIpc) is 2.39. The number of alkyl halides is 1. The number of carbonyl (C=O) groups is 1. The number of aromatic hydroxyl groups is 1. The van der Waals surface area contributed by atoms with Gasteiger partial charge in [0.15, 0.2) is 0 Å². The van der Waals surface area contributed by atoms with Crippen molar-refractivity contribution >= 4 is 44.4 Å². The Morgan fingerprint density at radius 3 is 2.95 bits per heavy atom. The van der Waals surface area contributed by atoms with E-state index < -0.39 is 0 Å². The molecule has 0 bridgehead atoms. The standard InChI is InChI=1S/C14H17BrINO2/c15-11-3-1-2-9(6-11)8-17-14(19)10-4-5-12(16)13(18)7-10/h4-5,7,9,11,18H,1-3,6,8H2,(H,17,19). The lowest BCUT2D eigenvalue weighted by Gasteiger charge is -2.25. The van der Waals surface area contributed by atoms with E-state index >= 15 is 0 Å². The van der Waals surface area contributed by atoms with E-state index in [4.69, 9.17) is 0 Å². The normalized spacial score (nSPS) is 23.1. The van der Waals surface area contributed by atoms with Crippen molar-refractivity contribution in [3.63, 3.8) is 0 Å². The molecule has 1 amide bonds. The fraction of sp³-hybridized carbons (Fsp3) is 0.500. The van der Waals surface area contributed by atoms with E-state index in [0.717, 1.165) is 9.99 Å². The van der Waals surface area contributed by atoms with Gasteiger partial charge in [-0.15, -0.1) is 0 Å². The molecule has 2 N–H and O–H groups in total. The zero-order chi connectivity index (χ0) is 13.8. The van der Waals surface area contributed by atoms with Gasteiger partial charge in [0.2, 0.25) is 0 Å². The third kappa shape index (κ3) is 4.34. The molecule has 0 aliphatic heterocycles. The Labute approximate surface area is 135 Å². The van der Waals surface area contributed by atoms with Gasteiger partial charge < -0.3 is 10.4 Å². The van der Waals surface area contributed by atoms with E-state index in [0.29, 0.717) is 22.9 Å². The van der Waals surface area contributed by atoms with Gasteiger partial charge in [-0.3, -0.25) is 4.79 Å². The van der Waals surface area contributed by atoms with Crippen LogP contribution in [0.5, 0.6) is 5.75 Å². The van der Waals surface area contributed by atoms with Crippen LogP contribution < -0.4 is 5.32 Å². The third-order valence-electron chi connectivity index (χ3n) is 3.48. The molecule has 3 nitrogen and oxygen atoms in total. The SMILES string of the molecule is O=C(NCC1CCCC(Br)C1)c1ccc(I)c(O)c1. The molecule has 104 valence electrons. The second kappa shape index (κ2) is 6.92. The predicted molar refractivity (Wildman–Crippen MR) is 87.8 cm³/mol. The Balaban J connectivity index is 1.88. The molecule has 1 fully saturated rings. The number of nitrogens with one attached hydrogen (secondary N) is 1. The van der Waals surface area contributed by atoms with Gasteiger partial charge >= 0.3 is 0 Å². The summed E-state index contributed by atoms with van der Waals surface area (Å²) in [6.07, 6.45) is 4.76. The van der Waals surface area contributed by atoms with Crippen LogP contribution in [0.1, 0.15) is 36.0 Å². The number of hydrogen-bond acceptors (Lipinski definition) is 2. The van der Waals surface area contributed by atoms with Crippen LogP contribution in [0, 0.1) is 9.49 Å². The molecule has 19 heavy (non-hydrogen) atoms. The number of phenolic OH excluding ortho intramolecular Hbond substituents is 1. The first-order valence-electron chi connectivity index (χ1n) is 6.47. The summed E-state index contributed by atoms with van der Waals surface area (Å²) in [5.41, 5.74) is 0.518. The van der Waals surface area contributed by atoms with Crippen molar-refractivity contribution in [1.82, 2.24) is 5.32 Å². The number of halogens is 2. The van der Waals surface area contributed by atoms with Crippen LogP contribution in [-0.4, -0.2) is 22.4 Å². The van der Waals surface area contributed by atoms with E-state index in [9.17, 15) is 9.90 Å². The minimum absolute atomic E-state index is 0.108. The second-order valence-corrected chi connectivity index (χ2v) is 7.46. The van der Waals surface area contributed by atoms with E-state index in [-0.39, 0.29) is 11.7 Å². The highest BCUT2D eigenvalue weighted by Gasteiger charge is 2.20. The third-order valence-corrected chi connectivity index (χ3v) is 5.22. The van der Waals surface area contributed by atoms with Crippen LogP contribution >= 0.6 is 38.5 Å². The van der Waals surface area contributed by atoms with Crippen LogP contribution in [0.15, 0.2) is 18.2 Å². The monoisotopic (exact) mass is 437 g/mol. The van der Waals surface area contributed by atoms with E-state index in [1.54, 1.807) is 12.1 Å². The molecule has 0 aromatic heterocycles. The molecule has 0 heterocycles. The highest BCUT2D eigenvalue weighted by atomic mass is 127. The van der Waals surface area contributed by atoms with Gasteiger partial charge in [0.05, 0.1) is 3.57 Å². The molecule has 2 unspecified atom stereocenters. The largest absolute Gasteiger partial charge is 0.507 e. The molecular weight excluding hydrogens is 421 g/mol. The summed E-state index contributed by atoms with van der Waals surface area (Å²) in [5.74, 6) is 0.606. The van der Waals surface area contributed by atoms with Gasteiger partial charge in [-0.2, -0.15) is 0 Å². The quantitative estimate of drug-likeness (QED) is 0.559. The smallest absolute Gasteiger partial charge is 0.251 e. The lowest BCUT2D eigenvalue weighted by molar-refractivity contribution is 0.0943. The van der Waals surface area contributed by atoms with Crippen LogP contribution in [-0.2, 0) is 0 Å². The Hall–Kier alpha value is -0.300. The fourth-order valence-electron chi connectivity index (χ4n) is 2.40. The number of rotatable bonds is 3. The maximum atomic E-state index is 12.0. The summed E-state index contributed by atoms with van der Waals surface area (Å²) >= 11 is 5.69. The number of phenols is 1. The number of benzene rings is 1. The fourth-order valence-corrected chi connectivity index (χ4v) is 3.59. The Morgan fingerprint density at radius 1 is 1.47 bits per heavy atom. The van der Waals surface area contributed by atoms with E-state index in [1.807, 2.05) is 22.6 Å². The van der Waals surface area contributed by atoms with Crippen LogP contribution in [0.2, 0.25) is 0 Å². The van der Waals surface area contributed by atoms with E-state index in [1.165, 1.54) is 25.3 Å². The molecule has 2 atom stereocenters. The maximum Gasteiger partial charge on any atom is 0.251 e. The van der Waals surface area contributed by atoms with Crippen molar-refractivity contribution in [1.29, 1.82) is 0 Å². The zero-order valence-corrected chi connectivity index (χ0v) is 14.3. The summed E-state index contributed by atoms with van der Waals surface area (Å²) in [4.78, 5) is 12.6. The second-order valence-electron chi connectivity index (χ2n) is 5.01. The minimum Gasteiger partial charge on any atom is -0.507 e. The lowest BCUT2D eigenvalue weighted by atomic mass is 9.89. The summed E-state index contributed by atoms with van der Waals surface area (Å²) in [6, 6.07) is 5.01. The van der Waals surface area contributed by atoms with Gasteiger partial charge in [0, 0.05) is 16.9 Å². The minimum atomic E-state index is -0.108. The number of amides is 1. The summed E-state index contributed by atoms with van der Waals surface area (Å²) in [5, 5.41) is 12.6. The van der Waals surface area contributed by atoms with Gasteiger partial charge in [0.25, 0.3) is 5.91 Å². The summed E-state index contributed by atoms with van der Waals surface area (Å²) in [6.45, 7) is 0.716. The van der Waals surface area contributed by atoms with Gasteiger partial charge in [-0.1, -0.05) is 22.4 Å². The predicted octanol–water partition coefficient (Wildman–Crippen LogP) is 3.68. The molecule has 1 aromatic rings. The Morgan fingerprint density at radius 2 is 2.26 bits per heavy atom. The molecular formula is C14H17BrINO2. The van der Waals surface area contributed by atoms with Crippen molar-refractivity contribution in [3.8, 4) is 5.75 Å². The number of hydrogen-bond donors (Lipinski definition) is 2.